The number of H-pyrrole nitrogens is 1. The van der Waals surface area contributed by atoms with Crippen molar-refractivity contribution >= 4 is 23.8 Å². The Labute approximate surface area is 132 Å². The van der Waals surface area contributed by atoms with Crippen molar-refractivity contribution in [1.29, 1.82) is 0 Å². The number of hydrogen-bond donors (Lipinski definition) is 1. The van der Waals surface area contributed by atoms with E-state index in [0.717, 1.165) is 5.69 Å². The molecule has 1 N–H and O–H groups in total. The Balaban J connectivity index is 1.88. The highest BCUT2D eigenvalue weighted by Crippen LogP contribution is 2.24. The van der Waals surface area contributed by atoms with Crippen molar-refractivity contribution < 1.29 is 4.74 Å². The predicted octanol–water partition coefficient (Wildman–Crippen LogP) is 4.16. The van der Waals surface area contributed by atoms with Gasteiger partial charge in [-0.25, -0.2) is 0 Å². The second-order valence-corrected chi connectivity index (χ2v) is 5.13. The molecular formula is C15H12ClN3OS. The molecule has 3 aromatic rings. The van der Waals surface area contributed by atoms with Gasteiger partial charge in [-0.2, -0.15) is 5.10 Å². The maximum Gasteiger partial charge on any atom is 0.199 e. The number of ether oxygens (including phenoxy) is 1. The van der Waals surface area contributed by atoms with Crippen molar-refractivity contribution in [3.05, 3.63) is 70.2 Å². The summed E-state index contributed by atoms with van der Waals surface area (Å²) in [6, 6.07) is 17.1. The lowest BCUT2D eigenvalue weighted by Crippen LogP contribution is -2.05. The Morgan fingerprint density at radius 2 is 1.81 bits per heavy atom. The SMILES string of the molecule is S=c1[nH]nc(COc2ccccc2Cl)n1-c1ccccc1. The molecule has 0 aliphatic heterocycles. The highest BCUT2D eigenvalue weighted by atomic mass is 35.5. The Morgan fingerprint density at radius 1 is 1.10 bits per heavy atom. The Morgan fingerprint density at radius 3 is 2.57 bits per heavy atom. The predicted molar refractivity (Wildman–Crippen MR) is 84.5 cm³/mol. The molecule has 0 aliphatic carbocycles. The van der Waals surface area contributed by atoms with Gasteiger partial charge >= 0.3 is 0 Å². The monoisotopic (exact) mass is 317 g/mol. The van der Waals surface area contributed by atoms with Crippen molar-refractivity contribution in [2.45, 2.75) is 6.61 Å². The average Bonchev–Trinajstić information content (AvgIpc) is 2.88. The fraction of sp³-hybridized carbons (Fsp3) is 0.0667. The lowest BCUT2D eigenvalue weighted by Gasteiger charge is -2.09. The molecule has 0 bridgehead atoms. The summed E-state index contributed by atoms with van der Waals surface area (Å²) >= 11 is 11.3. The second kappa shape index (κ2) is 6.11. The van der Waals surface area contributed by atoms with Gasteiger partial charge in [-0.3, -0.25) is 9.67 Å². The van der Waals surface area contributed by atoms with Gasteiger partial charge in [0.2, 0.25) is 0 Å². The van der Waals surface area contributed by atoms with Crippen LogP contribution in [0.15, 0.2) is 54.6 Å². The van der Waals surface area contributed by atoms with Gasteiger partial charge in [0.05, 0.1) is 5.02 Å². The van der Waals surface area contributed by atoms with Gasteiger partial charge in [-0.15, -0.1) is 0 Å². The third-order valence-electron chi connectivity index (χ3n) is 2.95. The van der Waals surface area contributed by atoms with Crippen LogP contribution in [0.4, 0.5) is 0 Å². The molecule has 2 aromatic carbocycles. The normalized spacial score (nSPS) is 10.5. The summed E-state index contributed by atoms with van der Waals surface area (Å²) in [6.07, 6.45) is 0. The van der Waals surface area contributed by atoms with E-state index in [2.05, 4.69) is 10.2 Å². The van der Waals surface area contributed by atoms with Crippen molar-refractivity contribution in [3.63, 3.8) is 0 Å². The van der Waals surface area contributed by atoms with Gasteiger partial charge in [-0.05, 0) is 36.5 Å². The molecule has 0 saturated carbocycles. The van der Waals surface area contributed by atoms with Gasteiger partial charge in [0.1, 0.15) is 12.4 Å². The van der Waals surface area contributed by atoms with Crippen LogP contribution in [0.25, 0.3) is 5.69 Å². The minimum absolute atomic E-state index is 0.270. The fourth-order valence-electron chi connectivity index (χ4n) is 1.97. The van der Waals surface area contributed by atoms with E-state index in [1.807, 2.05) is 53.1 Å². The van der Waals surface area contributed by atoms with Crippen LogP contribution in [0.2, 0.25) is 5.02 Å². The molecule has 0 atom stereocenters. The van der Waals surface area contributed by atoms with Gasteiger partial charge in [0, 0.05) is 5.69 Å². The molecular weight excluding hydrogens is 306 g/mol. The third kappa shape index (κ3) is 2.99. The van der Waals surface area contributed by atoms with Crippen LogP contribution in [0.5, 0.6) is 5.75 Å². The minimum Gasteiger partial charge on any atom is -0.484 e. The number of aromatic amines is 1. The van der Waals surface area contributed by atoms with Crippen molar-refractivity contribution in [1.82, 2.24) is 14.8 Å². The highest BCUT2D eigenvalue weighted by molar-refractivity contribution is 7.71. The first-order chi connectivity index (χ1) is 10.3. The van der Waals surface area contributed by atoms with E-state index >= 15 is 0 Å². The lowest BCUT2D eigenvalue weighted by atomic mass is 10.3. The third-order valence-corrected chi connectivity index (χ3v) is 3.54. The zero-order chi connectivity index (χ0) is 14.7. The Bertz CT molecular complexity index is 798. The molecule has 3 rings (SSSR count). The first-order valence-corrected chi connectivity index (χ1v) is 7.13. The number of nitrogens with zero attached hydrogens (tertiary/aromatic N) is 2. The zero-order valence-electron chi connectivity index (χ0n) is 11.0. The van der Waals surface area contributed by atoms with Crippen LogP contribution in [0.1, 0.15) is 5.82 Å². The van der Waals surface area contributed by atoms with Crippen LogP contribution in [0, 0.1) is 4.77 Å². The van der Waals surface area contributed by atoms with E-state index in [0.29, 0.717) is 21.4 Å². The van der Waals surface area contributed by atoms with E-state index in [1.54, 1.807) is 6.07 Å². The molecule has 1 heterocycles. The first-order valence-electron chi connectivity index (χ1n) is 6.35. The summed E-state index contributed by atoms with van der Waals surface area (Å²) < 4.78 is 8.08. The molecule has 21 heavy (non-hydrogen) atoms. The number of hydrogen-bond acceptors (Lipinski definition) is 3. The minimum atomic E-state index is 0.270. The second-order valence-electron chi connectivity index (χ2n) is 4.34. The van der Waals surface area contributed by atoms with Crippen molar-refractivity contribution in [2.24, 2.45) is 0 Å². The molecule has 6 heteroatoms. The number of halogens is 1. The summed E-state index contributed by atoms with van der Waals surface area (Å²) in [5.74, 6) is 1.30. The molecule has 0 saturated heterocycles. The number of para-hydroxylation sites is 2. The quantitative estimate of drug-likeness (QED) is 0.735. The van der Waals surface area contributed by atoms with Crippen LogP contribution in [-0.2, 0) is 6.61 Å². The van der Waals surface area contributed by atoms with Gasteiger partial charge in [0.25, 0.3) is 0 Å². The maximum atomic E-state index is 6.07. The van der Waals surface area contributed by atoms with Gasteiger partial charge in [0.15, 0.2) is 10.6 Å². The fourth-order valence-corrected chi connectivity index (χ4v) is 2.42. The van der Waals surface area contributed by atoms with E-state index in [-0.39, 0.29) is 6.61 Å². The van der Waals surface area contributed by atoms with Gasteiger partial charge < -0.3 is 4.74 Å². The lowest BCUT2D eigenvalue weighted by molar-refractivity contribution is 0.293. The maximum absolute atomic E-state index is 6.07. The number of benzene rings is 2. The van der Waals surface area contributed by atoms with E-state index in [1.165, 1.54) is 0 Å². The zero-order valence-corrected chi connectivity index (χ0v) is 12.6. The standard InChI is InChI=1S/C15H12ClN3OS/c16-12-8-4-5-9-13(12)20-10-14-17-18-15(21)19(14)11-6-2-1-3-7-11/h1-9H,10H2,(H,18,21). The topological polar surface area (TPSA) is 42.8 Å². The molecule has 4 nitrogen and oxygen atoms in total. The molecule has 1 aromatic heterocycles. The molecule has 0 aliphatic rings. The summed E-state index contributed by atoms with van der Waals surface area (Å²) in [7, 11) is 0. The van der Waals surface area contributed by atoms with Crippen LogP contribution >= 0.6 is 23.8 Å². The van der Waals surface area contributed by atoms with Crippen molar-refractivity contribution in [2.75, 3.05) is 0 Å². The summed E-state index contributed by atoms with van der Waals surface area (Å²) in [4.78, 5) is 0. The smallest absolute Gasteiger partial charge is 0.199 e. The van der Waals surface area contributed by atoms with E-state index in [9.17, 15) is 0 Å². The highest BCUT2D eigenvalue weighted by Gasteiger charge is 2.09. The molecule has 106 valence electrons. The van der Waals surface area contributed by atoms with Gasteiger partial charge in [-0.1, -0.05) is 41.9 Å². The molecule has 0 amide bonds. The van der Waals surface area contributed by atoms with Crippen LogP contribution < -0.4 is 4.74 Å². The van der Waals surface area contributed by atoms with Crippen LogP contribution in [0.3, 0.4) is 0 Å². The summed E-state index contributed by atoms with van der Waals surface area (Å²) in [6.45, 7) is 0.270. The molecule has 0 radical (unpaired) electrons. The number of aromatic nitrogens is 3. The van der Waals surface area contributed by atoms with Crippen LogP contribution in [-0.4, -0.2) is 14.8 Å². The molecule has 0 spiro atoms. The average molecular weight is 318 g/mol. The largest absolute Gasteiger partial charge is 0.484 e. The van der Waals surface area contributed by atoms with Crippen molar-refractivity contribution in [3.8, 4) is 11.4 Å². The first kappa shape index (κ1) is 13.9. The number of nitrogens with one attached hydrogen (secondary N) is 1. The summed E-state index contributed by atoms with van der Waals surface area (Å²) in [5.41, 5.74) is 0.939. The van der Waals surface area contributed by atoms with E-state index < -0.39 is 0 Å². The summed E-state index contributed by atoms with van der Waals surface area (Å²) in [5, 5.41) is 7.57. The number of rotatable bonds is 4. The Kier molecular flexibility index (Phi) is 4.03. The molecule has 0 fully saturated rings. The van der Waals surface area contributed by atoms with E-state index in [4.69, 9.17) is 28.6 Å². The molecule has 0 unspecified atom stereocenters. The Hall–Kier alpha value is -2.11.